The van der Waals surface area contributed by atoms with E-state index in [1.807, 2.05) is 17.8 Å². The third kappa shape index (κ3) is 3.95. The molecular formula is C15H17BrN2O2S2. The number of likely N-dealkylation sites (N-methyl/N-ethyl adjacent to an activating group) is 1. The van der Waals surface area contributed by atoms with Crippen LogP contribution in [0.4, 0.5) is 0 Å². The Morgan fingerprint density at radius 2 is 2.36 bits per heavy atom. The van der Waals surface area contributed by atoms with Gasteiger partial charge >= 0.3 is 0 Å². The summed E-state index contributed by atoms with van der Waals surface area (Å²) in [5, 5.41) is 4.98. The molecule has 3 heterocycles. The summed E-state index contributed by atoms with van der Waals surface area (Å²) in [5.41, 5.74) is 0.841. The SMILES string of the molecule is CN(CC1CCCO1)C(=O)Cc1csc(-c2cc(Br)cs2)n1. The maximum absolute atomic E-state index is 12.3. The molecule has 1 unspecified atom stereocenters. The minimum atomic E-state index is 0.0970. The van der Waals surface area contributed by atoms with Gasteiger partial charge in [-0.15, -0.1) is 22.7 Å². The Hall–Kier alpha value is -0.760. The third-order valence-corrected chi connectivity index (χ3v) is 6.34. The molecule has 0 bridgehead atoms. The van der Waals surface area contributed by atoms with E-state index < -0.39 is 0 Å². The number of amides is 1. The van der Waals surface area contributed by atoms with Gasteiger partial charge in [0.05, 0.1) is 23.1 Å². The van der Waals surface area contributed by atoms with Gasteiger partial charge in [0, 0.05) is 35.4 Å². The molecule has 0 aliphatic carbocycles. The highest BCUT2D eigenvalue weighted by Gasteiger charge is 2.20. The Bertz CT molecular complexity index is 650. The number of rotatable bonds is 5. The van der Waals surface area contributed by atoms with Crippen molar-refractivity contribution >= 4 is 44.5 Å². The smallest absolute Gasteiger partial charge is 0.228 e. The first-order valence-electron chi connectivity index (χ1n) is 7.16. The molecular weight excluding hydrogens is 384 g/mol. The van der Waals surface area contributed by atoms with E-state index in [4.69, 9.17) is 4.74 Å². The third-order valence-electron chi connectivity index (χ3n) is 3.59. The zero-order valence-electron chi connectivity index (χ0n) is 12.3. The number of hydrogen-bond acceptors (Lipinski definition) is 5. The molecule has 22 heavy (non-hydrogen) atoms. The van der Waals surface area contributed by atoms with Crippen molar-refractivity contribution in [1.82, 2.24) is 9.88 Å². The van der Waals surface area contributed by atoms with Gasteiger partial charge in [0.25, 0.3) is 0 Å². The van der Waals surface area contributed by atoms with Gasteiger partial charge in [-0.2, -0.15) is 0 Å². The number of ether oxygens (including phenoxy) is 1. The molecule has 1 atom stereocenters. The van der Waals surface area contributed by atoms with Crippen LogP contribution in [0.15, 0.2) is 21.3 Å². The van der Waals surface area contributed by atoms with E-state index in [1.165, 1.54) is 0 Å². The van der Waals surface area contributed by atoms with E-state index in [0.717, 1.165) is 39.5 Å². The molecule has 4 nitrogen and oxygen atoms in total. The lowest BCUT2D eigenvalue weighted by Crippen LogP contribution is -2.35. The molecule has 1 aliphatic rings. The number of thiazole rings is 1. The lowest BCUT2D eigenvalue weighted by atomic mass is 10.2. The van der Waals surface area contributed by atoms with Gasteiger partial charge in [-0.3, -0.25) is 4.79 Å². The molecule has 3 rings (SSSR count). The zero-order valence-corrected chi connectivity index (χ0v) is 15.5. The van der Waals surface area contributed by atoms with Crippen LogP contribution >= 0.6 is 38.6 Å². The summed E-state index contributed by atoms with van der Waals surface area (Å²) in [6, 6.07) is 2.05. The fourth-order valence-corrected chi connectivity index (χ4v) is 4.74. The number of carbonyl (C=O) groups is 1. The molecule has 0 spiro atoms. The number of thiophene rings is 1. The zero-order chi connectivity index (χ0) is 15.5. The summed E-state index contributed by atoms with van der Waals surface area (Å²) in [7, 11) is 1.84. The van der Waals surface area contributed by atoms with Crippen LogP contribution in [0.2, 0.25) is 0 Å². The van der Waals surface area contributed by atoms with E-state index in [9.17, 15) is 4.79 Å². The topological polar surface area (TPSA) is 42.4 Å². The van der Waals surface area contributed by atoms with Crippen molar-refractivity contribution in [3.63, 3.8) is 0 Å². The van der Waals surface area contributed by atoms with Crippen molar-refractivity contribution in [3.05, 3.63) is 27.0 Å². The summed E-state index contributed by atoms with van der Waals surface area (Å²) in [4.78, 5) is 19.7. The second-order valence-electron chi connectivity index (χ2n) is 5.36. The second kappa shape index (κ2) is 7.21. The Kier molecular flexibility index (Phi) is 5.28. The lowest BCUT2D eigenvalue weighted by molar-refractivity contribution is -0.130. The summed E-state index contributed by atoms with van der Waals surface area (Å²) >= 11 is 6.69. The van der Waals surface area contributed by atoms with Gasteiger partial charge in [0.2, 0.25) is 5.91 Å². The summed E-state index contributed by atoms with van der Waals surface area (Å²) in [5.74, 6) is 0.0970. The molecule has 0 radical (unpaired) electrons. The van der Waals surface area contributed by atoms with Crippen LogP contribution in [-0.2, 0) is 16.0 Å². The molecule has 1 aliphatic heterocycles. The molecule has 2 aromatic rings. The number of nitrogens with zero attached hydrogens (tertiary/aromatic N) is 2. The van der Waals surface area contributed by atoms with Crippen molar-refractivity contribution in [1.29, 1.82) is 0 Å². The van der Waals surface area contributed by atoms with Crippen LogP contribution in [-0.4, -0.2) is 42.1 Å². The highest BCUT2D eigenvalue weighted by atomic mass is 79.9. The van der Waals surface area contributed by atoms with Gasteiger partial charge in [-0.1, -0.05) is 0 Å². The predicted molar refractivity (Wildman–Crippen MR) is 93.4 cm³/mol. The Balaban J connectivity index is 1.58. The van der Waals surface area contributed by atoms with Gasteiger partial charge in [0.1, 0.15) is 5.01 Å². The molecule has 0 aromatic carbocycles. The first kappa shape index (κ1) is 16.1. The minimum absolute atomic E-state index is 0.0970. The first-order chi connectivity index (χ1) is 10.6. The molecule has 7 heteroatoms. The maximum atomic E-state index is 12.3. The van der Waals surface area contributed by atoms with Gasteiger partial charge in [-0.25, -0.2) is 4.98 Å². The van der Waals surface area contributed by atoms with Crippen LogP contribution in [0.25, 0.3) is 9.88 Å². The van der Waals surface area contributed by atoms with Crippen molar-refractivity contribution in [2.75, 3.05) is 20.2 Å². The van der Waals surface area contributed by atoms with Gasteiger partial charge in [0.15, 0.2) is 0 Å². The Labute approximate surface area is 146 Å². The van der Waals surface area contributed by atoms with Crippen LogP contribution < -0.4 is 0 Å². The largest absolute Gasteiger partial charge is 0.376 e. The monoisotopic (exact) mass is 400 g/mol. The lowest BCUT2D eigenvalue weighted by Gasteiger charge is -2.20. The molecule has 118 valence electrons. The highest BCUT2D eigenvalue weighted by molar-refractivity contribution is 9.10. The van der Waals surface area contributed by atoms with Gasteiger partial charge < -0.3 is 9.64 Å². The fourth-order valence-electron chi connectivity index (χ4n) is 2.41. The van der Waals surface area contributed by atoms with Crippen molar-refractivity contribution in [2.45, 2.75) is 25.4 Å². The normalized spacial score (nSPS) is 17.8. The summed E-state index contributed by atoms with van der Waals surface area (Å²) < 4.78 is 6.64. The van der Waals surface area contributed by atoms with Crippen molar-refractivity contribution in [2.24, 2.45) is 0 Å². The van der Waals surface area contributed by atoms with E-state index in [1.54, 1.807) is 27.6 Å². The van der Waals surface area contributed by atoms with E-state index in [-0.39, 0.29) is 12.0 Å². The van der Waals surface area contributed by atoms with Crippen molar-refractivity contribution < 1.29 is 9.53 Å². The molecule has 1 saturated heterocycles. The maximum Gasteiger partial charge on any atom is 0.228 e. The van der Waals surface area contributed by atoms with Crippen molar-refractivity contribution in [3.8, 4) is 9.88 Å². The number of hydrogen-bond donors (Lipinski definition) is 0. The average Bonchev–Trinajstić information content (AvgIpc) is 3.20. The molecule has 1 fully saturated rings. The minimum Gasteiger partial charge on any atom is -0.376 e. The van der Waals surface area contributed by atoms with Crippen LogP contribution in [0.5, 0.6) is 0 Å². The average molecular weight is 401 g/mol. The number of halogens is 1. The highest BCUT2D eigenvalue weighted by Crippen LogP contribution is 2.32. The van der Waals surface area contributed by atoms with Crippen LogP contribution in [0, 0.1) is 0 Å². The van der Waals surface area contributed by atoms with Crippen LogP contribution in [0.1, 0.15) is 18.5 Å². The quantitative estimate of drug-likeness (QED) is 0.765. The molecule has 1 amide bonds. The summed E-state index contributed by atoms with van der Waals surface area (Å²) in [6.07, 6.45) is 2.69. The van der Waals surface area contributed by atoms with Crippen LogP contribution in [0.3, 0.4) is 0 Å². The second-order valence-corrected chi connectivity index (χ2v) is 8.04. The molecule has 0 N–H and O–H groups in total. The Morgan fingerprint density at radius 3 is 3.05 bits per heavy atom. The first-order valence-corrected chi connectivity index (χ1v) is 9.71. The van der Waals surface area contributed by atoms with Gasteiger partial charge in [-0.05, 0) is 34.8 Å². The Morgan fingerprint density at radius 1 is 1.50 bits per heavy atom. The molecule has 2 aromatic heterocycles. The predicted octanol–water partition coefficient (Wildman–Crippen LogP) is 3.81. The number of carbonyl (C=O) groups excluding carboxylic acids is 1. The molecule has 0 saturated carbocycles. The van der Waals surface area contributed by atoms with E-state index >= 15 is 0 Å². The fraction of sp³-hybridized carbons (Fsp3) is 0.467. The standard InChI is InChI=1S/C15H17BrN2O2S2/c1-18(7-12-3-2-4-20-12)14(19)6-11-9-22-15(17-11)13-5-10(16)8-21-13/h5,8-9,12H,2-4,6-7H2,1H3. The van der Waals surface area contributed by atoms with E-state index in [2.05, 4.69) is 27.0 Å². The number of aromatic nitrogens is 1. The van der Waals surface area contributed by atoms with E-state index in [0.29, 0.717) is 13.0 Å². The summed E-state index contributed by atoms with van der Waals surface area (Å²) in [6.45, 7) is 1.49.